The van der Waals surface area contributed by atoms with Crippen LogP contribution in [-0.4, -0.2) is 23.1 Å². The van der Waals surface area contributed by atoms with Crippen LogP contribution in [0.15, 0.2) is 139 Å². The molecule has 0 nitrogen and oxygen atoms in total. The van der Waals surface area contributed by atoms with E-state index < -0.39 is 0 Å². The number of rotatable bonds is 4. The summed E-state index contributed by atoms with van der Waals surface area (Å²) in [5.74, 6) is 0. The van der Waals surface area contributed by atoms with Gasteiger partial charge in [0.2, 0.25) is 0 Å². The number of aryl methyl sites for hydroxylation is 5. The van der Waals surface area contributed by atoms with Crippen LogP contribution in [0.2, 0.25) is 0 Å². The summed E-state index contributed by atoms with van der Waals surface area (Å²) in [4.78, 5) is 5.52. The van der Waals surface area contributed by atoms with Gasteiger partial charge in [-0.2, -0.15) is 10.9 Å². The van der Waals surface area contributed by atoms with Gasteiger partial charge in [-0.05, 0) is 142 Å². The summed E-state index contributed by atoms with van der Waals surface area (Å²) in [7, 11) is 0. The smallest absolute Gasteiger partial charge is 1.00 e. The van der Waals surface area contributed by atoms with Gasteiger partial charge >= 0.3 is 23.1 Å². The molecule has 0 unspecified atom stereocenters. The Hall–Kier alpha value is -1.63. The second-order valence-electron chi connectivity index (χ2n) is 11.5. The molecule has 0 saturated heterocycles. The molecule has 5 aromatic heterocycles. The van der Waals surface area contributed by atoms with Gasteiger partial charge in [-0.15, -0.1) is 50.7 Å². The van der Waals surface area contributed by atoms with Crippen LogP contribution in [0.1, 0.15) is 27.8 Å². The van der Waals surface area contributed by atoms with Crippen molar-refractivity contribution >= 4 is 112 Å². The molecular formula is C43H37Br3MgS5. The first-order valence-electron chi connectivity index (χ1n) is 15.9. The largest absolute Gasteiger partial charge is 2.00 e. The van der Waals surface area contributed by atoms with Crippen LogP contribution in [0.25, 0.3) is 41.8 Å². The number of halogens is 3. The van der Waals surface area contributed by atoms with Crippen molar-refractivity contribution in [1.29, 1.82) is 0 Å². The quantitative estimate of drug-likeness (QED) is 0.122. The molecule has 0 amide bonds. The topological polar surface area (TPSA) is 0 Å². The first-order chi connectivity index (χ1) is 24.2. The van der Waals surface area contributed by atoms with Gasteiger partial charge in [-0.25, -0.2) is 6.07 Å². The Morgan fingerprint density at radius 3 is 0.808 bits per heavy atom. The summed E-state index contributed by atoms with van der Waals surface area (Å²) < 4.78 is 2.22. The Balaban J connectivity index is 0.000000201. The minimum absolute atomic E-state index is 0. The maximum atomic E-state index is 3.32. The van der Waals surface area contributed by atoms with Crippen molar-refractivity contribution in [2.24, 2.45) is 0 Å². The Labute approximate surface area is 372 Å². The van der Waals surface area contributed by atoms with Crippen LogP contribution in [-0.2, 0) is 0 Å². The molecule has 0 aliphatic rings. The van der Waals surface area contributed by atoms with Crippen molar-refractivity contribution in [2.75, 3.05) is 0 Å². The van der Waals surface area contributed by atoms with Gasteiger partial charge in [0.1, 0.15) is 0 Å². The average Bonchev–Trinajstić information content (AvgIpc) is 3.98. The van der Waals surface area contributed by atoms with Crippen molar-refractivity contribution in [3.05, 3.63) is 172 Å². The Morgan fingerprint density at radius 1 is 0.385 bits per heavy atom. The van der Waals surface area contributed by atoms with Crippen molar-refractivity contribution in [1.82, 2.24) is 0 Å². The maximum Gasteiger partial charge on any atom is 2.00 e. The number of thiophene rings is 5. The zero-order valence-corrected chi connectivity index (χ0v) is 39.8. The third kappa shape index (κ3) is 13.0. The number of hydrogen-bond donors (Lipinski definition) is 0. The Bertz CT molecular complexity index is 1910. The molecule has 3 aromatic carbocycles. The van der Waals surface area contributed by atoms with E-state index >= 15 is 0 Å². The van der Waals surface area contributed by atoms with Gasteiger partial charge in [0.05, 0.1) is 0 Å². The monoisotopic (exact) mass is 974 g/mol. The second kappa shape index (κ2) is 22.7. The van der Waals surface area contributed by atoms with Gasteiger partial charge in [-0.3, -0.25) is 0 Å². The van der Waals surface area contributed by atoms with E-state index in [4.69, 9.17) is 0 Å². The van der Waals surface area contributed by atoms with Crippen LogP contribution in [0.3, 0.4) is 0 Å². The van der Waals surface area contributed by atoms with E-state index in [0.717, 1.165) is 8.95 Å². The van der Waals surface area contributed by atoms with E-state index in [2.05, 4.69) is 159 Å². The molecule has 5 heterocycles. The van der Waals surface area contributed by atoms with E-state index in [0.29, 0.717) is 0 Å². The summed E-state index contributed by atoms with van der Waals surface area (Å²) in [6, 6.07) is 36.6. The molecule has 262 valence electrons. The van der Waals surface area contributed by atoms with Gasteiger partial charge in [-0.1, -0.05) is 87.3 Å². The molecule has 52 heavy (non-hydrogen) atoms. The second-order valence-corrected chi connectivity index (χ2v) is 17.7. The van der Waals surface area contributed by atoms with Crippen molar-refractivity contribution in [2.45, 2.75) is 34.6 Å². The van der Waals surface area contributed by atoms with Crippen LogP contribution in [0.5, 0.6) is 0 Å². The first-order valence-corrected chi connectivity index (χ1v) is 21.9. The van der Waals surface area contributed by atoms with E-state index in [1.807, 2.05) is 88.0 Å². The molecular weight excluding hydrogens is 941 g/mol. The van der Waals surface area contributed by atoms with Gasteiger partial charge in [0.15, 0.2) is 0 Å². The van der Waals surface area contributed by atoms with Crippen molar-refractivity contribution in [3.8, 4) is 41.8 Å². The van der Waals surface area contributed by atoms with E-state index in [9.17, 15) is 0 Å². The zero-order chi connectivity index (χ0) is 35.5. The number of benzene rings is 3. The SMILES string of the molecule is Brc1ccc(Br)cc1.Cc1[c-]scc1.Cc1ccsc1-c1ccc(-c2sccc2C)cc1.Cc1ccsc1-c1ccc(-c2sccc2C)cc1.[Br-].[Mg+2]. The summed E-state index contributed by atoms with van der Waals surface area (Å²) in [5.41, 5.74) is 12.0. The standard InChI is InChI=1S/2C16H14S2.C6H4Br2.C5H5S.BrH.Mg/c2*1-11-7-9-17-15(11)13-3-5-14(6-4-13)16-12(2)8-10-18-16;7-5-1-2-6(8)4-3-5;1-5-2-3-6-4-5;;/h2*3-10H,1-2H3;1-4H;2-3H,1H3;1H;/q;;;-1;;+2/p-1. The van der Waals surface area contributed by atoms with Gasteiger partial charge < -0.3 is 28.3 Å². The normalized spacial score (nSPS) is 9.90. The minimum atomic E-state index is 0. The van der Waals surface area contributed by atoms with Gasteiger partial charge in [0, 0.05) is 28.5 Å². The molecule has 0 atom stereocenters. The molecule has 0 aliphatic heterocycles. The fourth-order valence-corrected chi connectivity index (χ4v) is 9.81. The third-order valence-electron chi connectivity index (χ3n) is 7.68. The molecule has 0 fully saturated rings. The summed E-state index contributed by atoms with van der Waals surface area (Å²) >= 11 is 15.5. The average molecular weight is 978 g/mol. The first kappa shape index (κ1) is 44.8. The van der Waals surface area contributed by atoms with E-state index in [1.54, 1.807) is 11.3 Å². The van der Waals surface area contributed by atoms with Gasteiger partial charge in [0.25, 0.3) is 0 Å². The van der Waals surface area contributed by atoms with Crippen LogP contribution in [0.4, 0.5) is 0 Å². The third-order valence-corrected chi connectivity index (χ3v) is 13.7. The summed E-state index contributed by atoms with van der Waals surface area (Å²) in [5, 5.41) is 13.7. The van der Waals surface area contributed by atoms with E-state index in [-0.39, 0.29) is 40.0 Å². The molecule has 0 spiro atoms. The van der Waals surface area contributed by atoms with Crippen LogP contribution >= 0.6 is 88.5 Å². The summed E-state index contributed by atoms with van der Waals surface area (Å²) in [6.07, 6.45) is 0. The predicted octanol–water partition coefficient (Wildman–Crippen LogP) is 13.2. The molecule has 0 radical (unpaired) electrons. The molecule has 8 aromatic rings. The maximum absolute atomic E-state index is 3.32. The van der Waals surface area contributed by atoms with Crippen LogP contribution < -0.4 is 17.0 Å². The molecule has 0 bridgehead atoms. The number of hydrogen-bond acceptors (Lipinski definition) is 5. The molecule has 8 rings (SSSR count). The Morgan fingerprint density at radius 2 is 0.654 bits per heavy atom. The zero-order valence-electron chi connectivity index (χ0n) is 29.6. The van der Waals surface area contributed by atoms with Crippen molar-refractivity contribution < 1.29 is 17.0 Å². The molecule has 0 saturated carbocycles. The summed E-state index contributed by atoms with van der Waals surface area (Å²) in [6.45, 7) is 10.7. The molecule has 0 aliphatic carbocycles. The fraction of sp³-hybridized carbons (Fsp3) is 0.116. The van der Waals surface area contributed by atoms with E-state index in [1.165, 1.54) is 69.6 Å². The molecule has 9 heteroatoms. The van der Waals surface area contributed by atoms with Crippen LogP contribution in [0, 0.1) is 40.0 Å². The Kier molecular flexibility index (Phi) is 19.5. The van der Waals surface area contributed by atoms with Crippen molar-refractivity contribution in [3.63, 3.8) is 0 Å². The predicted molar refractivity (Wildman–Crippen MR) is 241 cm³/mol. The minimum Gasteiger partial charge on any atom is -1.00 e. The fourth-order valence-electron chi connectivity index (χ4n) is 4.95. The molecule has 0 N–H and O–H groups in total.